The highest BCUT2D eigenvalue weighted by atomic mass is 16.5. The molecule has 7 nitrogen and oxygen atoms in total. The van der Waals surface area contributed by atoms with E-state index in [0.29, 0.717) is 5.69 Å². The van der Waals surface area contributed by atoms with Crippen LogP contribution in [0.4, 0.5) is 0 Å². The second kappa shape index (κ2) is 6.84. The second-order valence-electron chi connectivity index (χ2n) is 4.48. The average Bonchev–Trinajstić information content (AvgIpc) is 2.92. The van der Waals surface area contributed by atoms with Gasteiger partial charge in [-0.2, -0.15) is 0 Å². The molecule has 0 fully saturated rings. The van der Waals surface area contributed by atoms with E-state index in [1.54, 1.807) is 19.9 Å². The molecule has 0 aliphatic rings. The maximum atomic E-state index is 12.2. The molecule has 2 aromatic rings. The van der Waals surface area contributed by atoms with Crippen LogP contribution in [0.25, 0.3) is 5.69 Å². The van der Waals surface area contributed by atoms with Gasteiger partial charge in [0, 0.05) is 0 Å². The van der Waals surface area contributed by atoms with Crippen LogP contribution in [0.3, 0.4) is 0 Å². The van der Waals surface area contributed by atoms with Crippen molar-refractivity contribution in [3.05, 3.63) is 41.2 Å². The zero-order valence-electron chi connectivity index (χ0n) is 12.7. The van der Waals surface area contributed by atoms with Gasteiger partial charge in [-0.05, 0) is 38.5 Å². The average molecular weight is 303 g/mol. The smallest absolute Gasteiger partial charge is 0.361 e. The molecule has 0 bridgehead atoms. The van der Waals surface area contributed by atoms with E-state index in [4.69, 9.17) is 9.47 Å². The summed E-state index contributed by atoms with van der Waals surface area (Å²) in [5.74, 6) is -1.37. The fraction of sp³-hybridized carbons (Fsp3) is 0.333. The van der Waals surface area contributed by atoms with Crippen molar-refractivity contribution in [2.45, 2.75) is 20.8 Å². The molecule has 0 spiro atoms. The lowest BCUT2D eigenvalue weighted by molar-refractivity contribution is 0.0469. The molecular formula is C15H17N3O4. The molecule has 0 N–H and O–H groups in total. The molecule has 0 amide bonds. The molecule has 0 saturated heterocycles. The largest absolute Gasteiger partial charge is 0.461 e. The highest BCUT2D eigenvalue weighted by molar-refractivity contribution is 6.00. The molecule has 0 unspecified atom stereocenters. The Balaban J connectivity index is 2.54. The third kappa shape index (κ3) is 3.13. The van der Waals surface area contributed by atoms with E-state index in [1.165, 1.54) is 4.68 Å². The number of benzene rings is 1. The van der Waals surface area contributed by atoms with Crippen LogP contribution in [0.5, 0.6) is 0 Å². The number of nitrogens with zero attached hydrogens (tertiary/aromatic N) is 3. The zero-order chi connectivity index (χ0) is 16.1. The minimum Gasteiger partial charge on any atom is -0.461 e. The summed E-state index contributed by atoms with van der Waals surface area (Å²) in [6, 6.07) is 7.33. The van der Waals surface area contributed by atoms with Crippen LogP contribution >= 0.6 is 0 Å². The first kappa shape index (κ1) is 15.7. The zero-order valence-corrected chi connectivity index (χ0v) is 12.7. The number of carbonyl (C=O) groups excluding carboxylic acids is 2. The van der Waals surface area contributed by atoms with E-state index >= 15 is 0 Å². The minimum absolute atomic E-state index is 0.0362. The molecule has 0 aliphatic carbocycles. The van der Waals surface area contributed by atoms with E-state index in [9.17, 15) is 9.59 Å². The van der Waals surface area contributed by atoms with Crippen molar-refractivity contribution in [1.82, 2.24) is 15.0 Å². The Hall–Kier alpha value is -2.70. The summed E-state index contributed by atoms with van der Waals surface area (Å²) >= 11 is 0. The second-order valence-corrected chi connectivity index (χ2v) is 4.48. The van der Waals surface area contributed by atoms with Gasteiger partial charge in [0.25, 0.3) is 0 Å². The Labute approximate surface area is 127 Å². The van der Waals surface area contributed by atoms with Gasteiger partial charge in [-0.1, -0.05) is 17.3 Å². The monoisotopic (exact) mass is 303 g/mol. The summed E-state index contributed by atoms with van der Waals surface area (Å²) in [5.41, 5.74) is 1.42. The minimum atomic E-state index is -0.704. The number of hydrogen-bond donors (Lipinski definition) is 0. The van der Waals surface area contributed by atoms with E-state index in [-0.39, 0.29) is 24.6 Å². The third-order valence-corrected chi connectivity index (χ3v) is 2.85. The predicted molar refractivity (Wildman–Crippen MR) is 78.0 cm³/mol. The summed E-state index contributed by atoms with van der Waals surface area (Å²) in [4.78, 5) is 24.1. The van der Waals surface area contributed by atoms with E-state index in [1.807, 2.05) is 25.1 Å². The van der Waals surface area contributed by atoms with Gasteiger partial charge in [0.1, 0.15) is 0 Å². The van der Waals surface area contributed by atoms with E-state index in [0.717, 1.165) is 5.56 Å². The van der Waals surface area contributed by atoms with Crippen molar-refractivity contribution in [1.29, 1.82) is 0 Å². The summed E-state index contributed by atoms with van der Waals surface area (Å²) in [6.07, 6.45) is 0. The summed E-state index contributed by atoms with van der Waals surface area (Å²) < 4.78 is 11.2. The number of aryl methyl sites for hydroxylation is 1. The molecule has 1 aromatic heterocycles. The predicted octanol–water partition coefficient (Wildman–Crippen LogP) is 1.93. The number of esters is 2. The summed E-state index contributed by atoms with van der Waals surface area (Å²) in [6.45, 7) is 5.63. The highest BCUT2D eigenvalue weighted by Gasteiger charge is 2.28. The van der Waals surface area contributed by atoms with Gasteiger partial charge in [0.15, 0.2) is 5.69 Å². The molecule has 0 aliphatic heterocycles. The molecule has 0 atom stereocenters. The number of rotatable bonds is 5. The van der Waals surface area contributed by atoms with Crippen LogP contribution < -0.4 is 0 Å². The van der Waals surface area contributed by atoms with Gasteiger partial charge in [-0.25, -0.2) is 14.3 Å². The first-order chi connectivity index (χ1) is 10.6. The first-order valence-electron chi connectivity index (χ1n) is 6.95. The summed E-state index contributed by atoms with van der Waals surface area (Å²) in [7, 11) is 0. The number of hydrogen-bond acceptors (Lipinski definition) is 6. The standard InChI is InChI=1S/C15H17N3O4/c1-4-21-14(19)12-13(15(20)22-5-2)18(17-16-12)11-8-6-7-10(3)9-11/h6-9H,4-5H2,1-3H3. The van der Waals surface area contributed by atoms with Crippen molar-refractivity contribution in [3.8, 4) is 5.69 Å². The van der Waals surface area contributed by atoms with Crippen molar-refractivity contribution < 1.29 is 19.1 Å². The lowest BCUT2D eigenvalue weighted by atomic mass is 10.2. The van der Waals surface area contributed by atoms with Gasteiger partial charge in [-0.15, -0.1) is 5.10 Å². The quantitative estimate of drug-likeness (QED) is 0.785. The van der Waals surface area contributed by atoms with Crippen LogP contribution in [0.1, 0.15) is 40.4 Å². The van der Waals surface area contributed by atoms with Crippen LogP contribution in [0.15, 0.2) is 24.3 Å². The summed E-state index contributed by atoms with van der Waals surface area (Å²) in [5, 5.41) is 7.68. The molecule has 0 saturated carbocycles. The molecular weight excluding hydrogens is 286 g/mol. The Morgan fingerprint density at radius 1 is 1.14 bits per heavy atom. The fourth-order valence-corrected chi connectivity index (χ4v) is 1.94. The SMILES string of the molecule is CCOC(=O)c1nnn(-c2cccc(C)c2)c1C(=O)OCC. The molecule has 2 rings (SSSR count). The first-order valence-corrected chi connectivity index (χ1v) is 6.95. The van der Waals surface area contributed by atoms with Crippen LogP contribution in [0.2, 0.25) is 0 Å². The Morgan fingerprint density at radius 3 is 2.45 bits per heavy atom. The van der Waals surface area contributed by atoms with E-state index < -0.39 is 11.9 Å². The normalized spacial score (nSPS) is 10.3. The van der Waals surface area contributed by atoms with Gasteiger partial charge in [0.2, 0.25) is 5.69 Å². The topological polar surface area (TPSA) is 83.3 Å². The molecule has 0 radical (unpaired) electrons. The molecule has 7 heteroatoms. The highest BCUT2D eigenvalue weighted by Crippen LogP contribution is 2.16. The number of aromatic nitrogens is 3. The molecule has 22 heavy (non-hydrogen) atoms. The van der Waals surface area contributed by atoms with Crippen molar-refractivity contribution in [2.24, 2.45) is 0 Å². The molecule has 1 heterocycles. The van der Waals surface area contributed by atoms with Crippen molar-refractivity contribution in [2.75, 3.05) is 13.2 Å². The Kier molecular flexibility index (Phi) is 4.88. The lowest BCUT2D eigenvalue weighted by Gasteiger charge is -2.07. The molecule has 1 aromatic carbocycles. The van der Waals surface area contributed by atoms with Gasteiger partial charge < -0.3 is 9.47 Å². The lowest BCUT2D eigenvalue weighted by Crippen LogP contribution is -2.17. The van der Waals surface area contributed by atoms with Crippen LogP contribution in [-0.4, -0.2) is 40.1 Å². The maximum absolute atomic E-state index is 12.2. The third-order valence-electron chi connectivity index (χ3n) is 2.85. The fourth-order valence-electron chi connectivity index (χ4n) is 1.94. The number of ether oxygens (including phenoxy) is 2. The van der Waals surface area contributed by atoms with E-state index in [2.05, 4.69) is 10.3 Å². The van der Waals surface area contributed by atoms with Gasteiger partial charge >= 0.3 is 11.9 Å². The van der Waals surface area contributed by atoms with Gasteiger partial charge in [-0.3, -0.25) is 0 Å². The van der Waals surface area contributed by atoms with Crippen LogP contribution in [-0.2, 0) is 9.47 Å². The number of carbonyl (C=O) groups is 2. The maximum Gasteiger partial charge on any atom is 0.361 e. The van der Waals surface area contributed by atoms with Crippen molar-refractivity contribution >= 4 is 11.9 Å². The van der Waals surface area contributed by atoms with Gasteiger partial charge in [0.05, 0.1) is 18.9 Å². The Bertz CT molecular complexity index is 694. The van der Waals surface area contributed by atoms with Crippen molar-refractivity contribution in [3.63, 3.8) is 0 Å². The van der Waals surface area contributed by atoms with Crippen LogP contribution in [0, 0.1) is 6.92 Å². The Morgan fingerprint density at radius 2 is 1.82 bits per heavy atom. The molecule has 116 valence electrons.